The van der Waals surface area contributed by atoms with Gasteiger partial charge >= 0.3 is 0 Å². The van der Waals surface area contributed by atoms with Gasteiger partial charge in [-0.1, -0.05) is 90.0 Å². The summed E-state index contributed by atoms with van der Waals surface area (Å²) >= 11 is 6.29. The lowest BCUT2D eigenvalue weighted by Crippen LogP contribution is -2.53. The first-order chi connectivity index (χ1) is 23.1. The number of rotatable bonds is 13. The minimum Gasteiger partial charge on any atom is -0.457 e. The third-order valence-corrected chi connectivity index (χ3v) is 9.77. The molecule has 0 unspecified atom stereocenters. The monoisotopic (exact) mass is 681 g/mol. The first-order valence-electron chi connectivity index (χ1n) is 15.4. The van der Waals surface area contributed by atoms with Crippen LogP contribution in [0.15, 0.2) is 138 Å². The van der Waals surface area contributed by atoms with Crippen LogP contribution in [0.5, 0.6) is 11.5 Å². The van der Waals surface area contributed by atoms with Gasteiger partial charge in [-0.3, -0.25) is 13.9 Å². The van der Waals surface area contributed by atoms with Crippen LogP contribution in [0.3, 0.4) is 0 Å². The van der Waals surface area contributed by atoms with E-state index in [4.69, 9.17) is 16.3 Å². The summed E-state index contributed by atoms with van der Waals surface area (Å²) < 4.78 is 35.5. The Hall–Kier alpha value is -5.12. The molecule has 0 heterocycles. The van der Waals surface area contributed by atoms with Crippen LogP contribution in [0.1, 0.15) is 16.7 Å². The molecular weight excluding hydrogens is 646 g/mol. The third kappa shape index (κ3) is 8.61. The molecule has 0 saturated heterocycles. The van der Waals surface area contributed by atoms with Crippen LogP contribution < -0.4 is 14.4 Å². The number of aryl methyl sites for hydroxylation is 1. The smallest absolute Gasteiger partial charge is 0.264 e. The van der Waals surface area contributed by atoms with Crippen molar-refractivity contribution in [2.24, 2.45) is 0 Å². The summed E-state index contributed by atoms with van der Waals surface area (Å²) in [5.74, 6) is 0.165. The van der Waals surface area contributed by atoms with Gasteiger partial charge in [0, 0.05) is 25.0 Å². The molecule has 0 aliphatic carbocycles. The van der Waals surface area contributed by atoms with E-state index in [0.717, 1.165) is 15.4 Å². The lowest BCUT2D eigenvalue weighted by molar-refractivity contribution is -0.139. The van der Waals surface area contributed by atoms with Crippen molar-refractivity contribution < 1.29 is 22.7 Å². The molecule has 8 nitrogen and oxygen atoms in total. The molecule has 0 bridgehead atoms. The van der Waals surface area contributed by atoms with Gasteiger partial charge in [0.05, 0.1) is 10.6 Å². The molecule has 2 amide bonds. The average Bonchev–Trinajstić information content (AvgIpc) is 3.10. The highest BCUT2D eigenvalue weighted by Gasteiger charge is 2.34. The average molecular weight is 682 g/mol. The summed E-state index contributed by atoms with van der Waals surface area (Å²) in [6, 6.07) is 37.6. The van der Waals surface area contributed by atoms with Crippen molar-refractivity contribution in [3.05, 3.63) is 155 Å². The van der Waals surface area contributed by atoms with Crippen molar-refractivity contribution in [1.82, 2.24) is 10.2 Å². The fourth-order valence-electron chi connectivity index (χ4n) is 5.22. The van der Waals surface area contributed by atoms with Gasteiger partial charge in [0.2, 0.25) is 11.8 Å². The van der Waals surface area contributed by atoms with Crippen molar-refractivity contribution in [3.63, 3.8) is 0 Å². The van der Waals surface area contributed by atoms with Crippen molar-refractivity contribution >= 4 is 39.1 Å². The number of amides is 2. The topological polar surface area (TPSA) is 96.0 Å². The van der Waals surface area contributed by atoms with Gasteiger partial charge < -0.3 is 15.0 Å². The number of carbonyl (C=O) groups is 2. The lowest BCUT2D eigenvalue weighted by Gasteiger charge is -2.33. The number of sulfonamides is 1. The number of nitrogens with zero attached hydrogens (tertiary/aromatic N) is 2. The van der Waals surface area contributed by atoms with E-state index in [1.54, 1.807) is 54.6 Å². The number of benzene rings is 5. The molecule has 10 heteroatoms. The van der Waals surface area contributed by atoms with E-state index in [-0.39, 0.29) is 29.5 Å². The predicted octanol–water partition coefficient (Wildman–Crippen LogP) is 7.02. The van der Waals surface area contributed by atoms with Crippen molar-refractivity contribution in [1.29, 1.82) is 0 Å². The normalized spacial score (nSPS) is 11.7. The maximum Gasteiger partial charge on any atom is 0.264 e. The Morgan fingerprint density at radius 2 is 1.38 bits per heavy atom. The van der Waals surface area contributed by atoms with Gasteiger partial charge in [0.15, 0.2) is 0 Å². The molecule has 0 radical (unpaired) electrons. The summed E-state index contributed by atoms with van der Waals surface area (Å²) in [5, 5.41) is 3.16. The van der Waals surface area contributed by atoms with Crippen LogP contribution in [0.4, 0.5) is 5.69 Å². The molecule has 0 aliphatic rings. The van der Waals surface area contributed by atoms with Crippen LogP contribution in [-0.2, 0) is 32.6 Å². The van der Waals surface area contributed by atoms with Crippen molar-refractivity contribution in [3.8, 4) is 11.5 Å². The van der Waals surface area contributed by atoms with Crippen LogP contribution >= 0.6 is 11.6 Å². The number of anilines is 1. The molecule has 1 N–H and O–H groups in total. The lowest BCUT2D eigenvalue weighted by atomic mass is 10.0. The number of carbonyl (C=O) groups excluding carboxylic acids is 2. The van der Waals surface area contributed by atoms with E-state index in [0.29, 0.717) is 22.1 Å². The minimum atomic E-state index is -4.24. The predicted molar refractivity (Wildman–Crippen MR) is 189 cm³/mol. The van der Waals surface area contributed by atoms with Crippen LogP contribution in [0.2, 0.25) is 5.02 Å². The van der Waals surface area contributed by atoms with Gasteiger partial charge in [-0.25, -0.2) is 8.42 Å². The largest absolute Gasteiger partial charge is 0.457 e. The quantitative estimate of drug-likeness (QED) is 0.144. The van der Waals surface area contributed by atoms with Crippen molar-refractivity contribution in [2.45, 2.75) is 30.8 Å². The van der Waals surface area contributed by atoms with Gasteiger partial charge in [0.1, 0.15) is 24.1 Å². The highest BCUT2D eigenvalue weighted by Crippen LogP contribution is 2.29. The van der Waals surface area contributed by atoms with Gasteiger partial charge in [-0.05, 0) is 78.7 Å². The molecule has 0 saturated carbocycles. The molecular formula is C38H36ClN3O5S. The number of nitrogens with one attached hydrogen (secondary N) is 1. The second kappa shape index (κ2) is 15.6. The standard InChI is InChI=1S/C38H36ClN3O5S/c1-28-16-22-35(23-17-28)48(45,46)42(32-18-20-34(21-19-32)47-33-14-7-4-8-15-33)27-37(43)41(26-30-12-9-13-31(39)24-30)36(38(44)40-2)25-29-10-5-3-6-11-29/h3-24,36H,25-27H2,1-2H3,(H,40,44)/t36-/m1/s1. The zero-order chi connectivity index (χ0) is 34.1. The molecule has 48 heavy (non-hydrogen) atoms. The summed E-state index contributed by atoms with van der Waals surface area (Å²) in [4.78, 5) is 29.4. The van der Waals surface area contributed by atoms with Crippen LogP contribution in [-0.4, -0.2) is 44.8 Å². The first kappa shape index (κ1) is 34.2. The molecule has 0 aromatic heterocycles. The van der Waals surface area contributed by atoms with Gasteiger partial charge in [0.25, 0.3) is 10.0 Å². The molecule has 0 spiro atoms. The Labute approximate surface area is 286 Å². The maximum absolute atomic E-state index is 14.5. The molecule has 246 valence electrons. The molecule has 1 atom stereocenters. The highest BCUT2D eigenvalue weighted by molar-refractivity contribution is 7.92. The fraction of sp³-hybridized carbons (Fsp3) is 0.158. The Kier molecular flexibility index (Phi) is 11.2. The zero-order valence-electron chi connectivity index (χ0n) is 26.6. The van der Waals surface area contributed by atoms with Crippen LogP contribution in [0.25, 0.3) is 0 Å². The highest BCUT2D eigenvalue weighted by atomic mass is 35.5. The number of hydrogen-bond acceptors (Lipinski definition) is 5. The summed E-state index contributed by atoms with van der Waals surface area (Å²) in [6.07, 6.45) is 0.211. The van der Waals surface area contributed by atoms with Crippen molar-refractivity contribution in [2.75, 3.05) is 17.9 Å². The number of ether oxygens (including phenoxy) is 1. The number of hydrogen-bond donors (Lipinski definition) is 1. The first-order valence-corrected chi connectivity index (χ1v) is 17.2. The minimum absolute atomic E-state index is 0.0204. The number of para-hydroxylation sites is 1. The van der Waals surface area contributed by atoms with E-state index in [9.17, 15) is 18.0 Å². The van der Waals surface area contributed by atoms with E-state index in [1.165, 1.54) is 24.1 Å². The van der Waals surface area contributed by atoms with Gasteiger partial charge in [-0.2, -0.15) is 0 Å². The van der Waals surface area contributed by atoms with E-state index in [2.05, 4.69) is 5.32 Å². The summed E-state index contributed by atoms with van der Waals surface area (Å²) in [7, 11) is -2.73. The van der Waals surface area contributed by atoms with E-state index >= 15 is 0 Å². The van der Waals surface area contributed by atoms with E-state index < -0.39 is 28.5 Å². The Morgan fingerprint density at radius 1 is 0.771 bits per heavy atom. The molecule has 5 aromatic rings. The van der Waals surface area contributed by atoms with Gasteiger partial charge in [-0.15, -0.1) is 0 Å². The summed E-state index contributed by atoms with van der Waals surface area (Å²) in [5.41, 5.74) is 2.67. The van der Waals surface area contributed by atoms with Crippen LogP contribution in [0, 0.1) is 6.92 Å². The zero-order valence-corrected chi connectivity index (χ0v) is 28.2. The molecule has 5 rings (SSSR count). The number of halogens is 1. The SMILES string of the molecule is CNC(=O)[C@@H](Cc1ccccc1)N(Cc1cccc(Cl)c1)C(=O)CN(c1ccc(Oc2ccccc2)cc1)S(=O)(=O)c1ccc(C)cc1. The maximum atomic E-state index is 14.5. The Bertz CT molecular complexity index is 1940. The molecule has 0 fully saturated rings. The Morgan fingerprint density at radius 3 is 2.00 bits per heavy atom. The fourth-order valence-corrected chi connectivity index (χ4v) is 6.85. The molecule has 0 aliphatic heterocycles. The molecule has 5 aromatic carbocycles. The third-order valence-electron chi connectivity index (χ3n) is 7.75. The van der Waals surface area contributed by atoms with E-state index in [1.807, 2.05) is 73.7 Å². The Balaban J connectivity index is 1.54. The second-order valence-corrected chi connectivity index (χ2v) is 13.5. The second-order valence-electron chi connectivity index (χ2n) is 11.2. The number of likely N-dealkylation sites (N-methyl/N-ethyl adjacent to an activating group) is 1. The summed E-state index contributed by atoms with van der Waals surface area (Å²) in [6.45, 7) is 1.31.